The first kappa shape index (κ1) is 18.1. The molecular weight excluding hydrogens is 394 g/mol. The maximum atomic E-state index is 12.4. The lowest BCUT2D eigenvalue weighted by Gasteiger charge is -2.12. The molecule has 7 heteroatoms. The summed E-state index contributed by atoms with van der Waals surface area (Å²) in [5, 5.41) is 6.28. The average Bonchev–Trinajstić information content (AvgIpc) is 3.22. The van der Waals surface area contributed by atoms with Crippen LogP contribution in [-0.2, 0) is 12.7 Å². The van der Waals surface area contributed by atoms with Gasteiger partial charge in [-0.2, -0.15) is 13.2 Å². The second-order valence-corrected chi connectivity index (χ2v) is 4.94. The molecule has 3 nitrogen and oxygen atoms in total. The van der Waals surface area contributed by atoms with Crippen molar-refractivity contribution in [3.05, 3.63) is 35.4 Å². The second-order valence-electron chi connectivity index (χ2n) is 4.94. The van der Waals surface area contributed by atoms with Crippen LogP contribution in [0, 0.1) is 5.92 Å². The van der Waals surface area contributed by atoms with E-state index in [0.717, 1.165) is 30.2 Å². The van der Waals surface area contributed by atoms with Crippen molar-refractivity contribution in [2.45, 2.75) is 25.6 Å². The molecule has 1 fully saturated rings. The van der Waals surface area contributed by atoms with E-state index in [1.54, 1.807) is 7.05 Å². The zero-order valence-corrected chi connectivity index (χ0v) is 14.0. The van der Waals surface area contributed by atoms with E-state index in [1.807, 2.05) is 0 Å². The smallest absolute Gasteiger partial charge is 0.356 e. The van der Waals surface area contributed by atoms with E-state index in [4.69, 9.17) is 0 Å². The highest BCUT2D eigenvalue weighted by atomic mass is 127. The van der Waals surface area contributed by atoms with Crippen molar-refractivity contribution >= 4 is 29.9 Å². The van der Waals surface area contributed by atoms with Crippen LogP contribution >= 0.6 is 24.0 Å². The summed E-state index contributed by atoms with van der Waals surface area (Å²) in [6, 6.07) is 5.14. The van der Waals surface area contributed by atoms with Crippen LogP contribution < -0.4 is 10.6 Å². The van der Waals surface area contributed by atoms with E-state index >= 15 is 0 Å². The first-order valence-corrected chi connectivity index (χ1v) is 6.59. The lowest BCUT2D eigenvalue weighted by atomic mass is 10.1. The molecule has 1 saturated carbocycles. The molecule has 1 aliphatic carbocycles. The van der Waals surface area contributed by atoms with Crippen molar-refractivity contribution in [2.24, 2.45) is 10.9 Å². The van der Waals surface area contributed by atoms with Gasteiger partial charge in [0, 0.05) is 20.1 Å². The van der Waals surface area contributed by atoms with Gasteiger partial charge in [-0.05, 0) is 36.5 Å². The Hall–Kier alpha value is -0.990. The van der Waals surface area contributed by atoms with Crippen LogP contribution in [0.15, 0.2) is 29.3 Å². The topological polar surface area (TPSA) is 36.4 Å². The number of guanidine groups is 1. The Morgan fingerprint density at radius 3 is 2.29 bits per heavy atom. The fourth-order valence-corrected chi connectivity index (χ4v) is 1.78. The molecule has 2 N–H and O–H groups in total. The Labute approximate surface area is 139 Å². The van der Waals surface area contributed by atoms with Gasteiger partial charge in [-0.25, -0.2) is 0 Å². The van der Waals surface area contributed by atoms with E-state index in [1.165, 1.54) is 25.0 Å². The SMILES string of the molecule is CN=C(NCc1ccc(C(F)(F)F)cc1)NCC1CC1.I. The number of alkyl halides is 3. The molecule has 0 heterocycles. The monoisotopic (exact) mass is 413 g/mol. The molecule has 0 amide bonds. The summed E-state index contributed by atoms with van der Waals surface area (Å²) in [6.45, 7) is 1.34. The van der Waals surface area contributed by atoms with Crippen LogP contribution in [0.3, 0.4) is 0 Å². The molecular formula is C14H19F3IN3. The van der Waals surface area contributed by atoms with Gasteiger partial charge in [-0.15, -0.1) is 24.0 Å². The van der Waals surface area contributed by atoms with Crippen molar-refractivity contribution in [2.75, 3.05) is 13.6 Å². The number of nitrogens with zero attached hydrogens (tertiary/aromatic N) is 1. The molecule has 0 atom stereocenters. The Balaban J connectivity index is 0.00000220. The zero-order chi connectivity index (χ0) is 14.6. The van der Waals surface area contributed by atoms with Crippen molar-refractivity contribution in [1.29, 1.82) is 0 Å². The summed E-state index contributed by atoms with van der Waals surface area (Å²) in [6.07, 6.45) is -1.78. The van der Waals surface area contributed by atoms with Gasteiger partial charge < -0.3 is 10.6 Å². The van der Waals surface area contributed by atoms with Crippen LogP contribution in [0.2, 0.25) is 0 Å². The van der Waals surface area contributed by atoms with E-state index in [2.05, 4.69) is 15.6 Å². The largest absolute Gasteiger partial charge is 0.416 e. The third kappa shape index (κ3) is 6.11. The van der Waals surface area contributed by atoms with Gasteiger partial charge in [0.2, 0.25) is 0 Å². The van der Waals surface area contributed by atoms with Crippen LogP contribution in [0.25, 0.3) is 0 Å². The van der Waals surface area contributed by atoms with Crippen molar-refractivity contribution < 1.29 is 13.2 Å². The van der Waals surface area contributed by atoms with Gasteiger partial charge in [0.05, 0.1) is 5.56 Å². The fourth-order valence-electron chi connectivity index (χ4n) is 1.78. The molecule has 1 aromatic rings. The summed E-state index contributed by atoms with van der Waals surface area (Å²) in [5.41, 5.74) is 0.157. The summed E-state index contributed by atoms with van der Waals surface area (Å²) >= 11 is 0. The maximum Gasteiger partial charge on any atom is 0.416 e. The van der Waals surface area contributed by atoms with E-state index in [-0.39, 0.29) is 24.0 Å². The standard InChI is InChI=1S/C14H18F3N3.HI/c1-18-13(19-8-10-2-3-10)20-9-11-4-6-12(7-5-11)14(15,16)17;/h4-7,10H,2-3,8-9H2,1H3,(H2,18,19,20);1H. The third-order valence-corrected chi connectivity index (χ3v) is 3.22. The predicted octanol–water partition coefficient (Wildman–Crippen LogP) is 3.40. The molecule has 1 aliphatic rings. The predicted molar refractivity (Wildman–Crippen MR) is 87.8 cm³/mol. The molecule has 0 radical (unpaired) electrons. The normalized spacial score (nSPS) is 15.3. The summed E-state index contributed by atoms with van der Waals surface area (Å²) in [5.74, 6) is 1.41. The number of aliphatic imine (C=N–C) groups is 1. The number of nitrogens with one attached hydrogen (secondary N) is 2. The van der Waals surface area contributed by atoms with E-state index in [0.29, 0.717) is 12.5 Å². The minimum Gasteiger partial charge on any atom is -0.356 e. The zero-order valence-electron chi connectivity index (χ0n) is 11.7. The maximum absolute atomic E-state index is 12.4. The lowest BCUT2D eigenvalue weighted by Crippen LogP contribution is -2.37. The highest BCUT2D eigenvalue weighted by Crippen LogP contribution is 2.29. The Morgan fingerprint density at radius 1 is 1.19 bits per heavy atom. The quantitative estimate of drug-likeness (QED) is 0.451. The molecule has 0 saturated heterocycles. The Morgan fingerprint density at radius 2 is 1.81 bits per heavy atom. The van der Waals surface area contributed by atoms with Crippen molar-refractivity contribution in [3.63, 3.8) is 0 Å². The fraction of sp³-hybridized carbons (Fsp3) is 0.500. The van der Waals surface area contributed by atoms with E-state index < -0.39 is 11.7 Å². The molecule has 1 aromatic carbocycles. The van der Waals surface area contributed by atoms with Crippen LogP contribution in [0.5, 0.6) is 0 Å². The minimum atomic E-state index is -4.28. The summed E-state index contributed by atoms with van der Waals surface area (Å²) in [7, 11) is 1.68. The second kappa shape index (κ2) is 7.86. The number of benzene rings is 1. The highest BCUT2D eigenvalue weighted by Gasteiger charge is 2.29. The molecule has 0 unspecified atom stereocenters. The molecule has 118 valence electrons. The van der Waals surface area contributed by atoms with Gasteiger partial charge in [0.25, 0.3) is 0 Å². The number of hydrogen-bond donors (Lipinski definition) is 2. The molecule has 0 bridgehead atoms. The van der Waals surface area contributed by atoms with Crippen molar-refractivity contribution in [1.82, 2.24) is 10.6 Å². The first-order chi connectivity index (χ1) is 9.49. The number of hydrogen-bond acceptors (Lipinski definition) is 1. The Kier molecular flexibility index (Phi) is 6.76. The van der Waals surface area contributed by atoms with Gasteiger partial charge in [0.1, 0.15) is 0 Å². The molecule has 0 spiro atoms. The third-order valence-electron chi connectivity index (χ3n) is 3.22. The average molecular weight is 413 g/mol. The summed E-state index contributed by atoms with van der Waals surface area (Å²) in [4.78, 5) is 4.07. The molecule has 0 aliphatic heterocycles. The lowest BCUT2D eigenvalue weighted by molar-refractivity contribution is -0.137. The van der Waals surface area contributed by atoms with Crippen molar-refractivity contribution in [3.8, 4) is 0 Å². The van der Waals surface area contributed by atoms with Crippen LogP contribution in [0.4, 0.5) is 13.2 Å². The van der Waals surface area contributed by atoms with E-state index in [9.17, 15) is 13.2 Å². The molecule has 0 aromatic heterocycles. The molecule has 21 heavy (non-hydrogen) atoms. The minimum absolute atomic E-state index is 0. The number of halogens is 4. The van der Waals surface area contributed by atoms with Gasteiger partial charge in [-0.1, -0.05) is 12.1 Å². The number of rotatable bonds is 4. The highest BCUT2D eigenvalue weighted by molar-refractivity contribution is 14.0. The van der Waals surface area contributed by atoms with Gasteiger partial charge >= 0.3 is 6.18 Å². The first-order valence-electron chi connectivity index (χ1n) is 6.59. The van der Waals surface area contributed by atoms with Crippen LogP contribution in [-0.4, -0.2) is 19.6 Å². The van der Waals surface area contributed by atoms with Crippen LogP contribution in [0.1, 0.15) is 24.0 Å². The van der Waals surface area contributed by atoms with Gasteiger partial charge in [0.15, 0.2) is 5.96 Å². The Bertz CT molecular complexity index is 467. The summed E-state index contributed by atoms with van der Waals surface area (Å²) < 4.78 is 37.3. The van der Waals surface area contributed by atoms with Gasteiger partial charge in [-0.3, -0.25) is 4.99 Å². The molecule has 2 rings (SSSR count).